The van der Waals surface area contributed by atoms with Gasteiger partial charge in [0.25, 0.3) is 0 Å². The van der Waals surface area contributed by atoms with Crippen LogP contribution < -0.4 is 4.90 Å². The highest BCUT2D eigenvalue weighted by Crippen LogP contribution is 2.33. The van der Waals surface area contributed by atoms with Gasteiger partial charge in [-0.15, -0.1) is 11.6 Å². The number of amides is 1. The average molecular weight is 384 g/mol. The van der Waals surface area contributed by atoms with E-state index in [1.807, 2.05) is 59.5 Å². The first-order chi connectivity index (χ1) is 13.1. The third-order valence-electron chi connectivity index (χ3n) is 4.99. The predicted molar refractivity (Wildman–Crippen MR) is 111 cm³/mol. The van der Waals surface area contributed by atoms with E-state index >= 15 is 0 Å². The van der Waals surface area contributed by atoms with E-state index in [0.29, 0.717) is 6.42 Å². The van der Waals surface area contributed by atoms with Gasteiger partial charge in [-0.3, -0.25) is 4.79 Å². The Hall–Kier alpha value is -2.10. The normalized spacial score (nSPS) is 21.1. The van der Waals surface area contributed by atoms with Crippen LogP contribution in [0.3, 0.4) is 0 Å². The van der Waals surface area contributed by atoms with Crippen LogP contribution in [0.15, 0.2) is 66.7 Å². The van der Waals surface area contributed by atoms with E-state index < -0.39 is 6.10 Å². The van der Waals surface area contributed by atoms with Crippen molar-refractivity contribution in [3.05, 3.63) is 77.9 Å². The van der Waals surface area contributed by atoms with E-state index in [9.17, 15) is 9.90 Å². The van der Waals surface area contributed by atoms with Gasteiger partial charge < -0.3 is 10.0 Å². The van der Waals surface area contributed by atoms with Crippen molar-refractivity contribution < 1.29 is 9.90 Å². The monoisotopic (exact) mass is 383 g/mol. The molecule has 0 saturated carbocycles. The summed E-state index contributed by atoms with van der Waals surface area (Å²) in [6.07, 6.45) is 6.88. The molecule has 0 aliphatic carbocycles. The number of carbonyl (C=O) groups excluding carboxylic acids is 1. The standard InChI is InChI=1S/C23H26ClNO2/c1-2-3-4-8-11-21-20(24)16-22(26)25(21)19-14-12-18(13-15-19)23(27)17-9-6-5-7-10-17/h4-10,12-15,20-21,23,27H,2-3,11,16H2,1H3/b8-4-. The van der Waals surface area contributed by atoms with Gasteiger partial charge in [-0.25, -0.2) is 0 Å². The molecule has 3 rings (SSSR count). The molecule has 2 aromatic carbocycles. The second-order valence-corrected chi connectivity index (χ2v) is 7.51. The van der Waals surface area contributed by atoms with Gasteiger partial charge in [0.05, 0.1) is 11.4 Å². The fraction of sp³-hybridized carbons (Fsp3) is 0.348. The molecule has 1 heterocycles. The molecule has 1 N–H and O–H groups in total. The van der Waals surface area contributed by atoms with Crippen molar-refractivity contribution in [1.29, 1.82) is 0 Å². The third-order valence-corrected chi connectivity index (χ3v) is 5.43. The Morgan fingerprint density at radius 2 is 1.78 bits per heavy atom. The molecule has 1 aliphatic heterocycles. The maximum absolute atomic E-state index is 12.5. The molecule has 27 heavy (non-hydrogen) atoms. The van der Waals surface area contributed by atoms with Crippen molar-refractivity contribution in [3.8, 4) is 0 Å². The lowest BCUT2D eigenvalue weighted by atomic mass is 10.0. The highest BCUT2D eigenvalue weighted by Gasteiger charge is 2.38. The summed E-state index contributed by atoms with van der Waals surface area (Å²) in [6.45, 7) is 2.14. The molecular weight excluding hydrogens is 358 g/mol. The minimum absolute atomic E-state index is 0.0304. The number of unbranched alkanes of at least 4 members (excludes halogenated alkanes) is 1. The molecule has 4 heteroatoms. The predicted octanol–water partition coefficient (Wildman–Crippen LogP) is 5.23. The van der Waals surface area contributed by atoms with Crippen molar-refractivity contribution in [2.75, 3.05) is 4.90 Å². The van der Waals surface area contributed by atoms with Gasteiger partial charge >= 0.3 is 0 Å². The van der Waals surface area contributed by atoms with Gasteiger partial charge in [-0.05, 0) is 36.1 Å². The van der Waals surface area contributed by atoms with E-state index in [2.05, 4.69) is 19.1 Å². The Kier molecular flexibility index (Phi) is 6.70. The van der Waals surface area contributed by atoms with Crippen LogP contribution in [0, 0.1) is 0 Å². The number of halogens is 1. The summed E-state index contributed by atoms with van der Waals surface area (Å²) in [5.74, 6) is 0.0558. The number of hydrogen-bond acceptors (Lipinski definition) is 2. The molecule has 1 saturated heterocycles. The Balaban J connectivity index is 1.77. The highest BCUT2D eigenvalue weighted by atomic mass is 35.5. The minimum atomic E-state index is -0.678. The van der Waals surface area contributed by atoms with Crippen LogP contribution in [0.2, 0.25) is 0 Å². The zero-order chi connectivity index (χ0) is 19.2. The van der Waals surface area contributed by atoms with E-state index in [-0.39, 0.29) is 17.3 Å². The van der Waals surface area contributed by atoms with Gasteiger partial charge in [0.2, 0.25) is 5.91 Å². The molecule has 3 nitrogen and oxygen atoms in total. The van der Waals surface area contributed by atoms with Crippen molar-refractivity contribution in [2.24, 2.45) is 0 Å². The number of aliphatic hydroxyl groups is 1. The number of benzene rings is 2. The topological polar surface area (TPSA) is 40.5 Å². The van der Waals surface area contributed by atoms with Crippen molar-refractivity contribution in [2.45, 2.75) is 50.1 Å². The number of allylic oxidation sites excluding steroid dienone is 1. The largest absolute Gasteiger partial charge is 0.384 e. The summed E-state index contributed by atoms with van der Waals surface area (Å²) in [5.41, 5.74) is 2.49. The lowest BCUT2D eigenvalue weighted by Crippen LogP contribution is -2.35. The second kappa shape index (κ2) is 9.20. The molecule has 1 fully saturated rings. The van der Waals surface area contributed by atoms with Gasteiger partial charge in [-0.1, -0.05) is 68.0 Å². The van der Waals surface area contributed by atoms with Gasteiger partial charge in [0.1, 0.15) is 6.10 Å². The van der Waals surface area contributed by atoms with E-state index in [1.165, 1.54) is 0 Å². The SMILES string of the molecule is CCC/C=C\CC1C(Cl)CC(=O)N1c1ccc(C(O)c2ccccc2)cc1. The summed E-state index contributed by atoms with van der Waals surface area (Å²) in [4.78, 5) is 14.3. The van der Waals surface area contributed by atoms with Gasteiger partial charge in [-0.2, -0.15) is 0 Å². The number of nitrogens with zero attached hydrogens (tertiary/aromatic N) is 1. The maximum Gasteiger partial charge on any atom is 0.228 e. The molecule has 2 aromatic rings. The average Bonchev–Trinajstić information content (AvgIpc) is 2.98. The number of aliphatic hydroxyl groups excluding tert-OH is 1. The first-order valence-electron chi connectivity index (χ1n) is 9.56. The Morgan fingerprint density at radius 3 is 2.44 bits per heavy atom. The Labute approximate surface area is 166 Å². The van der Waals surface area contributed by atoms with Crippen LogP contribution in [0.25, 0.3) is 0 Å². The van der Waals surface area contributed by atoms with E-state index in [1.54, 1.807) is 0 Å². The number of anilines is 1. The fourth-order valence-electron chi connectivity index (χ4n) is 3.50. The fourth-order valence-corrected chi connectivity index (χ4v) is 3.85. The lowest BCUT2D eigenvalue weighted by Gasteiger charge is -2.26. The lowest BCUT2D eigenvalue weighted by molar-refractivity contribution is -0.117. The maximum atomic E-state index is 12.5. The first-order valence-corrected chi connectivity index (χ1v) is 9.99. The van der Waals surface area contributed by atoms with E-state index in [0.717, 1.165) is 36.1 Å². The molecule has 1 aliphatic rings. The molecule has 1 amide bonds. The number of carbonyl (C=O) groups is 1. The summed E-state index contributed by atoms with van der Waals surface area (Å²) < 4.78 is 0. The zero-order valence-corrected chi connectivity index (χ0v) is 16.3. The number of alkyl halides is 1. The summed E-state index contributed by atoms with van der Waals surface area (Å²) >= 11 is 6.46. The van der Waals surface area contributed by atoms with E-state index in [4.69, 9.17) is 11.6 Å². The van der Waals surface area contributed by atoms with Gasteiger partial charge in [0.15, 0.2) is 0 Å². The zero-order valence-electron chi connectivity index (χ0n) is 15.6. The molecular formula is C23H26ClNO2. The molecule has 0 radical (unpaired) electrons. The molecule has 3 unspecified atom stereocenters. The van der Waals surface area contributed by atoms with Crippen molar-refractivity contribution in [1.82, 2.24) is 0 Å². The first kappa shape index (κ1) is 19.7. The highest BCUT2D eigenvalue weighted by molar-refractivity contribution is 6.24. The quantitative estimate of drug-likeness (QED) is 0.525. The van der Waals surface area contributed by atoms with Crippen LogP contribution in [0.1, 0.15) is 49.8 Å². The smallest absolute Gasteiger partial charge is 0.228 e. The van der Waals surface area contributed by atoms with Crippen LogP contribution >= 0.6 is 11.6 Å². The van der Waals surface area contributed by atoms with Crippen LogP contribution in [-0.4, -0.2) is 22.4 Å². The molecule has 3 atom stereocenters. The Bertz CT molecular complexity index is 773. The second-order valence-electron chi connectivity index (χ2n) is 6.95. The summed E-state index contributed by atoms with van der Waals surface area (Å²) in [6, 6.07) is 17.1. The van der Waals surface area contributed by atoms with Crippen LogP contribution in [0.5, 0.6) is 0 Å². The van der Waals surface area contributed by atoms with Crippen molar-refractivity contribution in [3.63, 3.8) is 0 Å². The van der Waals surface area contributed by atoms with Gasteiger partial charge in [0, 0.05) is 12.1 Å². The molecule has 0 spiro atoms. The third kappa shape index (κ3) is 4.60. The summed E-state index contributed by atoms with van der Waals surface area (Å²) in [7, 11) is 0. The molecule has 0 aromatic heterocycles. The molecule has 0 bridgehead atoms. The molecule has 142 valence electrons. The number of hydrogen-bond donors (Lipinski definition) is 1. The van der Waals surface area contributed by atoms with Crippen LogP contribution in [-0.2, 0) is 4.79 Å². The summed E-state index contributed by atoms with van der Waals surface area (Å²) in [5, 5.41) is 10.4. The Morgan fingerprint density at radius 1 is 1.11 bits per heavy atom. The van der Waals surface area contributed by atoms with Crippen molar-refractivity contribution >= 4 is 23.2 Å². The van der Waals surface area contributed by atoms with Crippen LogP contribution in [0.4, 0.5) is 5.69 Å². The minimum Gasteiger partial charge on any atom is -0.384 e. The number of rotatable bonds is 7.